The maximum atomic E-state index is 12.2. The fourth-order valence-corrected chi connectivity index (χ4v) is 2.40. The number of nitrogens with one attached hydrogen (secondary N) is 2. The second kappa shape index (κ2) is 8.05. The summed E-state index contributed by atoms with van der Waals surface area (Å²) in [6.07, 6.45) is 1.33. The minimum absolute atomic E-state index is 0.0557. The molecule has 0 spiro atoms. The molecule has 3 rings (SSSR count). The van der Waals surface area contributed by atoms with E-state index in [9.17, 15) is 9.90 Å². The molecule has 0 saturated carbocycles. The van der Waals surface area contributed by atoms with Gasteiger partial charge in [0.25, 0.3) is 5.91 Å². The molecule has 0 atom stereocenters. The summed E-state index contributed by atoms with van der Waals surface area (Å²) in [6.45, 7) is 0. The van der Waals surface area contributed by atoms with Gasteiger partial charge in [-0.15, -0.1) is 0 Å². The number of nitrogens with zero attached hydrogens (tertiary/aromatic N) is 2. The molecule has 3 N–H and O–H groups in total. The number of H-pyrrole nitrogens is 1. The summed E-state index contributed by atoms with van der Waals surface area (Å²) >= 11 is 0. The molecule has 0 aliphatic rings. The summed E-state index contributed by atoms with van der Waals surface area (Å²) in [4.78, 5) is 12.2. The fourth-order valence-electron chi connectivity index (χ4n) is 2.40. The van der Waals surface area contributed by atoms with E-state index in [1.165, 1.54) is 13.3 Å². The first kappa shape index (κ1) is 18.0. The van der Waals surface area contributed by atoms with Gasteiger partial charge < -0.3 is 14.6 Å². The Kier molecular flexibility index (Phi) is 5.36. The molecular formula is C19H18N4O4. The first-order valence-corrected chi connectivity index (χ1v) is 8.01. The molecule has 3 aromatic rings. The third-order valence-corrected chi connectivity index (χ3v) is 3.81. The van der Waals surface area contributed by atoms with Crippen molar-refractivity contribution in [2.45, 2.75) is 0 Å². The van der Waals surface area contributed by atoms with Gasteiger partial charge in [-0.3, -0.25) is 9.89 Å². The van der Waals surface area contributed by atoms with Gasteiger partial charge in [0.2, 0.25) is 0 Å². The molecule has 0 radical (unpaired) electrons. The summed E-state index contributed by atoms with van der Waals surface area (Å²) in [5.74, 6) is 0.501. The molecule has 0 saturated heterocycles. The summed E-state index contributed by atoms with van der Waals surface area (Å²) in [7, 11) is 3.04. The van der Waals surface area contributed by atoms with Crippen LogP contribution in [0.5, 0.6) is 17.2 Å². The summed E-state index contributed by atoms with van der Waals surface area (Å²) in [5.41, 5.74) is 4.46. The molecule has 0 fully saturated rings. The average Bonchev–Trinajstić information content (AvgIpc) is 3.19. The molecule has 0 aliphatic carbocycles. The van der Waals surface area contributed by atoms with E-state index in [0.717, 1.165) is 5.56 Å². The van der Waals surface area contributed by atoms with Gasteiger partial charge in [0.1, 0.15) is 11.4 Å². The second-order valence-electron chi connectivity index (χ2n) is 5.50. The predicted octanol–water partition coefficient (Wildman–Crippen LogP) is 2.56. The smallest absolute Gasteiger partial charge is 0.289 e. The van der Waals surface area contributed by atoms with E-state index in [-0.39, 0.29) is 11.4 Å². The van der Waals surface area contributed by atoms with Crippen LogP contribution in [0.2, 0.25) is 0 Å². The topological polar surface area (TPSA) is 109 Å². The van der Waals surface area contributed by atoms with E-state index in [2.05, 4.69) is 20.7 Å². The highest BCUT2D eigenvalue weighted by Gasteiger charge is 2.11. The number of phenolic OH excluding ortho intramolecular Hbond substituents is 1. The van der Waals surface area contributed by atoms with Crippen LogP contribution in [0.15, 0.2) is 53.6 Å². The zero-order valence-electron chi connectivity index (χ0n) is 14.8. The number of hydrogen-bond donors (Lipinski definition) is 3. The maximum Gasteiger partial charge on any atom is 0.289 e. The van der Waals surface area contributed by atoms with Crippen LogP contribution in [0.3, 0.4) is 0 Å². The average molecular weight is 366 g/mol. The van der Waals surface area contributed by atoms with Crippen LogP contribution in [0.1, 0.15) is 16.1 Å². The van der Waals surface area contributed by atoms with E-state index >= 15 is 0 Å². The van der Waals surface area contributed by atoms with Crippen LogP contribution in [-0.4, -0.2) is 41.6 Å². The number of phenols is 1. The Morgan fingerprint density at radius 2 is 2.00 bits per heavy atom. The molecule has 1 heterocycles. The second-order valence-corrected chi connectivity index (χ2v) is 5.50. The lowest BCUT2D eigenvalue weighted by Gasteiger charge is -2.04. The van der Waals surface area contributed by atoms with Crippen LogP contribution in [0.4, 0.5) is 0 Å². The molecule has 1 amide bonds. The largest absolute Gasteiger partial charge is 0.504 e. The number of hydrazone groups is 1. The van der Waals surface area contributed by atoms with Gasteiger partial charge in [-0.1, -0.05) is 18.2 Å². The van der Waals surface area contributed by atoms with Gasteiger partial charge in [-0.05, 0) is 30.3 Å². The first-order valence-electron chi connectivity index (χ1n) is 8.01. The van der Waals surface area contributed by atoms with Crippen LogP contribution in [0.25, 0.3) is 11.3 Å². The van der Waals surface area contributed by atoms with Crippen LogP contribution in [0, 0.1) is 0 Å². The minimum atomic E-state index is -0.463. The van der Waals surface area contributed by atoms with E-state index < -0.39 is 5.91 Å². The van der Waals surface area contributed by atoms with Gasteiger partial charge in [-0.25, -0.2) is 5.43 Å². The number of aromatic hydroxyl groups is 1. The lowest BCUT2D eigenvalue weighted by molar-refractivity contribution is 0.0950. The van der Waals surface area contributed by atoms with Gasteiger partial charge in [-0.2, -0.15) is 10.2 Å². The van der Waals surface area contributed by atoms with Crippen molar-refractivity contribution in [2.75, 3.05) is 14.2 Å². The van der Waals surface area contributed by atoms with Crippen LogP contribution < -0.4 is 14.9 Å². The van der Waals surface area contributed by atoms with Crippen molar-refractivity contribution in [3.05, 3.63) is 59.8 Å². The summed E-state index contributed by atoms with van der Waals surface area (Å²) < 4.78 is 10.2. The highest BCUT2D eigenvalue weighted by molar-refractivity contribution is 5.94. The minimum Gasteiger partial charge on any atom is -0.504 e. The highest BCUT2D eigenvalue weighted by Crippen LogP contribution is 2.28. The third-order valence-electron chi connectivity index (χ3n) is 3.81. The Labute approximate surface area is 155 Å². The predicted molar refractivity (Wildman–Crippen MR) is 100 cm³/mol. The Bertz CT molecular complexity index is 981. The zero-order chi connectivity index (χ0) is 19.2. The lowest BCUT2D eigenvalue weighted by atomic mass is 10.1. The number of methoxy groups -OCH3 is 2. The number of carbonyl (C=O) groups excluding carboxylic acids is 1. The van der Waals surface area contributed by atoms with Gasteiger partial charge in [0.15, 0.2) is 11.5 Å². The SMILES string of the molecule is COc1cccc(-c2cc(C(=O)N/N=C\c3cccc(OC)c3O)[nH]n2)c1. The highest BCUT2D eigenvalue weighted by atomic mass is 16.5. The monoisotopic (exact) mass is 366 g/mol. The molecule has 8 heteroatoms. The van der Waals surface area contributed by atoms with Crippen molar-refractivity contribution in [1.82, 2.24) is 15.6 Å². The lowest BCUT2D eigenvalue weighted by Crippen LogP contribution is -2.18. The van der Waals surface area contributed by atoms with Gasteiger partial charge >= 0.3 is 0 Å². The maximum absolute atomic E-state index is 12.2. The fraction of sp³-hybridized carbons (Fsp3) is 0.105. The Morgan fingerprint density at radius 1 is 1.19 bits per heavy atom. The first-order chi connectivity index (χ1) is 13.1. The van der Waals surface area contributed by atoms with E-state index in [1.807, 2.05) is 24.3 Å². The van der Waals surface area contributed by atoms with E-state index in [4.69, 9.17) is 9.47 Å². The Hall–Kier alpha value is -3.81. The van der Waals surface area contributed by atoms with Crippen molar-refractivity contribution >= 4 is 12.1 Å². The van der Waals surface area contributed by atoms with E-state index in [0.29, 0.717) is 22.8 Å². The van der Waals surface area contributed by atoms with Crippen molar-refractivity contribution in [2.24, 2.45) is 5.10 Å². The van der Waals surface area contributed by atoms with Crippen LogP contribution >= 0.6 is 0 Å². The number of rotatable bonds is 6. The number of ether oxygens (including phenoxy) is 2. The number of carbonyl (C=O) groups is 1. The number of aromatic amines is 1. The normalized spacial score (nSPS) is 10.7. The van der Waals surface area contributed by atoms with Crippen molar-refractivity contribution in [3.63, 3.8) is 0 Å². The Morgan fingerprint density at radius 3 is 2.78 bits per heavy atom. The molecule has 138 valence electrons. The number of aromatic nitrogens is 2. The molecule has 0 bridgehead atoms. The van der Waals surface area contributed by atoms with Crippen LogP contribution in [-0.2, 0) is 0 Å². The molecule has 0 aliphatic heterocycles. The van der Waals surface area contributed by atoms with Crippen molar-refractivity contribution in [1.29, 1.82) is 0 Å². The Balaban J connectivity index is 1.69. The summed E-state index contributed by atoms with van der Waals surface area (Å²) in [6, 6.07) is 13.9. The quantitative estimate of drug-likeness (QED) is 0.459. The van der Waals surface area contributed by atoms with Crippen molar-refractivity contribution in [3.8, 4) is 28.5 Å². The third kappa shape index (κ3) is 4.06. The molecule has 0 unspecified atom stereocenters. The van der Waals surface area contributed by atoms with Gasteiger partial charge in [0, 0.05) is 11.1 Å². The van der Waals surface area contributed by atoms with Crippen molar-refractivity contribution < 1.29 is 19.4 Å². The number of benzene rings is 2. The molecule has 8 nitrogen and oxygen atoms in total. The molecule has 27 heavy (non-hydrogen) atoms. The number of amides is 1. The molecule has 1 aromatic heterocycles. The number of hydrogen-bond acceptors (Lipinski definition) is 6. The standard InChI is InChI=1S/C19H18N4O4/c1-26-14-7-3-5-12(9-14)15-10-16(22-21-15)19(25)23-20-11-13-6-4-8-17(27-2)18(13)24/h3-11,24H,1-2H3,(H,21,22)(H,23,25)/b20-11-. The molecule has 2 aromatic carbocycles. The van der Waals surface area contributed by atoms with E-state index in [1.54, 1.807) is 31.4 Å². The van der Waals surface area contributed by atoms with Gasteiger partial charge in [0.05, 0.1) is 26.1 Å². The summed E-state index contributed by atoms with van der Waals surface area (Å²) in [5, 5.41) is 20.7. The molecular weight excluding hydrogens is 348 g/mol. The number of para-hydroxylation sites is 1. The zero-order valence-corrected chi connectivity index (χ0v) is 14.8.